The van der Waals surface area contributed by atoms with Crippen LogP contribution >= 0.6 is 0 Å². The first-order chi connectivity index (χ1) is 6.24. The Morgan fingerprint density at radius 1 is 1.54 bits per heavy atom. The third kappa shape index (κ3) is 2.89. The van der Waals surface area contributed by atoms with Crippen LogP contribution in [0.15, 0.2) is 24.5 Å². The summed E-state index contributed by atoms with van der Waals surface area (Å²) < 4.78 is 0. The van der Waals surface area contributed by atoms with Crippen LogP contribution in [0.4, 0.5) is 0 Å². The molecule has 2 heteroatoms. The van der Waals surface area contributed by atoms with Gasteiger partial charge in [-0.3, -0.25) is 10.3 Å². The van der Waals surface area contributed by atoms with Gasteiger partial charge in [0.2, 0.25) is 0 Å². The standard InChI is InChI=1S/C11H14N2/c1-4-9(2)13-10(3)11-6-5-7-12-8-11/h1,5-10,13H,2-3H3/t9?,10-/m1/s1. The minimum absolute atomic E-state index is 0.0928. The first kappa shape index (κ1) is 9.76. The summed E-state index contributed by atoms with van der Waals surface area (Å²) >= 11 is 0. The van der Waals surface area contributed by atoms with Crippen molar-refractivity contribution in [3.63, 3.8) is 0 Å². The van der Waals surface area contributed by atoms with Gasteiger partial charge in [-0.15, -0.1) is 6.42 Å². The number of pyridine rings is 1. The van der Waals surface area contributed by atoms with Crippen LogP contribution in [0.25, 0.3) is 0 Å². The fourth-order valence-electron chi connectivity index (χ4n) is 1.15. The smallest absolute Gasteiger partial charge is 0.0662 e. The molecular weight excluding hydrogens is 160 g/mol. The molecule has 0 aromatic carbocycles. The second-order valence-corrected chi connectivity index (χ2v) is 3.06. The molecule has 13 heavy (non-hydrogen) atoms. The molecule has 1 heterocycles. The molecule has 1 aromatic heterocycles. The molecule has 0 aliphatic heterocycles. The van der Waals surface area contributed by atoms with Crippen LogP contribution in [-0.4, -0.2) is 11.0 Å². The molecule has 0 radical (unpaired) electrons. The quantitative estimate of drug-likeness (QED) is 0.706. The predicted octanol–water partition coefficient (Wildman–Crippen LogP) is 1.75. The Kier molecular flexibility index (Phi) is 3.48. The van der Waals surface area contributed by atoms with Crippen LogP contribution in [0.1, 0.15) is 25.5 Å². The van der Waals surface area contributed by atoms with Gasteiger partial charge in [0.15, 0.2) is 0 Å². The van der Waals surface area contributed by atoms with Crippen LogP contribution in [0.3, 0.4) is 0 Å². The lowest BCUT2D eigenvalue weighted by atomic mass is 10.1. The monoisotopic (exact) mass is 174 g/mol. The van der Waals surface area contributed by atoms with Gasteiger partial charge in [0.05, 0.1) is 6.04 Å². The molecule has 1 unspecified atom stereocenters. The zero-order chi connectivity index (χ0) is 9.68. The number of nitrogens with zero attached hydrogens (tertiary/aromatic N) is 1. The number of hydrogen-bond acceptors (Lipinski definition) is 2. The second kappa shape index (κ2) is 4.64. The van der Waals surface area contributed by atoms with Crippen LogP contribution in [-0.2, 0) is 0 Å². The number of hydrogen-bond donors (Lipinski definition) is 1. The van der Waals surface area contributed by atoms with E-state index in [2.05, 4.69) is 23.1 Å². The third-order valence-corrected chi connectivity index (χ3v) is 1.93. The minimum Gasteiger partial charge on any atom is -0.297 e. The van der Waals surface area contributed by atoms with Crippen molar-refractivity contribution in [2.75, 3.05) is 0 Å². The molecule has 1 aromatic rings. The molecule has 0 spiro atoms. The predicted molar refractivity (Wildman–Crippen MR) is 54.1 cm³/mol. The van der Waals surface area contributed by atoms with Crippen LogP contribution < -0.4 is 5.32 Å². The topological polar surface area (TPSA) is 24.9 Å². The average molecular weight is 174 g/mol. The Morgan fingerprint density at radius 3 is 2.85 bits per heavy atom. The Hall–Kier alpha value is -1.33. The van der Waals surface area contributed by atoms with E-state index in [0.29, 0.717) is 0 Å². The molecule has 0 saturated carbocycles. The zero-order valence-electron chi connectivity index (χ0n) is 7.99. The summed E-state index contributed by atoms with van der Waals surface area (Å²) in [6, 6.07) is 4.30. The molecule has 2 nitrogen and oxygen atoms in total. The molecule has 0 amide bonds. The van der Waals surface area contributed by atoms with Gasteiger partial charge < -0.3 is 0 Å². The highest BCUT2D eigenvalue weighted by Gasteiger charge is 2.06. The van der Waals surface area contributed by atoms with Gasteiger partial charge in [0.1, 0.15) is 0 Å². The molecular formula is C11H14N2. The van der Waals surface area contributed by atoms with E-state index in [4.69, 9.17) is 6.42 Å². The number of nitrogens with one attached hydrogen (secondary N) is 1. The molecule has 0 aliphatic rings. The van der Waals surface area contributed by atoms with E-state index in [1.54, 1.807) is 6.20 Å². The van der Waals surface area contributed by atoms with Gasteiger partial charge in [0, 0.05) is 18.4 Å². The Labute approximate surface area is 79.4 Å². The lowest BCUT2D eigenvalue weighted by molar-refractivity contribution is 0.545. The lowest BCUT2D eigenvalue weighted by Crippen LogP contribution is -2.27. The summed E-state index contributed by atoms with van der Waals surface area (Å²) in [7, 11) is 0. The number of aromatic nitrogens is 1. The summed E-state index contributed by atoms with van der Waals surface area (Å²) in [6.07, 6.45) is 8.88. The molecule has 68 valence electrons. The van der Waals surface area contributed by atoms with Gasteiger partial charge in [0.25, 0.3) is 0 Å². The summed E-state index contributed by atoms with van der Waals surface area (Å²) in [6.45, 7) is 4.04. The zero-order valence-corrected chi connectivity index (χ0v) is 7.99. The summed E-state index contributed by atoms with van der Waals surface area (Å²) in [5.74, 6) is 2.63. The van der Waals surface area contributed by atoms with E-state index in [-0.39, 0.29) is 12.1 Å². The maximum absolute atomic E-state index is 5.27. The first-order valence-electron chi connectivity index (χ1n) is 4.36. The van der Waals surface area contributed by atoms with Crippen LogP contribution in [0, 0.1) is 12.3 Å². The maximum Gasteiger partial charge on any atom is 0.0662 e. The van der Waals surface area contributed by atoms with Crippen molar-refractivity contribution in [3.8, 4) is 12.3 Å². The highest BCUT2D eigenvalue weighted by atomic mass is 14.9. The minimum atomic E-state index is 0.0928. The summed E-state index contributed by atoms with van der Waals surface area (Å²) in [5.41, 5.74) is 1.16. The van der Waals surface area contributed by atoms with Gasteiger partial charge in [-0.2, -0.15) is 0 Å². The fourth-order valence-corrected chi connectivity index (χ4v) is 1.15. The molecule has 2 atom stereocenters. The third-order valence-electron chi connectivity index (χ3n) is 1.93. The van der Waals surface area contributed by atoms with E-state index in [9.17, 15) is 0 Å². The normalized spacial score (nSPS) is 14.5. The van der Waals surface area contributed by atoms with Gasteiger partial charge in [-0.25, -0.2) is 0 Å². The van der Waals surface area contributed by atoms with E-state index in [1.165, 1.54) is 0 Å². The number of rotatable bonds is 3. The molecule has 1 N–H and O–H groups in total. The molecule has 0 fully saturated rings. The van der Waals surface area contributed by atoms with Crippen molar-refractivity contribution in [2.45, 2.75) is 25.9 Å². The van der Waals surface area contributed by atoms with Crippen LogP contribution in [0.5, 0.6) is 0 Å². The number of terminal acetylenes is 1. The van der Waals surface area contributed by atoms with Crippen molar-refractivity contribution < 1.29 is 0 Å². The lowest BCUT2D eigenvalue weighted by Gasteiger charge is -2.15. The second-order valence-electron chi connectivity index (χ2n) is 3.06. The van der Waals surface area contributed by atoms with Crippen molar-refractivity contribution in [2.24, 2.45) is 0 Å². The summed E-state index contributed by atoms with van der Waals surface area (Å²) in [4.78, 5) is 4.05. The SMILES string of the molecule is C#CC(C)N[C@H](C)c1cccnc1. The van der Waals surface area contributed by atoms with Crippen molar-refractivity contribution >= 4 is 0 Å². The Bertz CT molecular complexity index is 287. The van der Waals surface area contributed by atoms with E-state index < -0.39 is 0 Å². The highest BCUT2D eigenvalue weighted by molar-refractivity contribution is 5.14. The van der Waals surface area contributed by atoms with Crippen LogP contribution in [0.2, 0.25) is 0 Å². The Balaban J connectivity index is 2.60. The van der Waals surface area contributed by atoms with Gasteiger partial charge in [-0.05, 0) is 25.5 Å². The molecule has 0 bridgehead atoms. The molecule has 0 aliphatic carbocycles. The van der Waals surface area contributed by atoms with Gasteiger partial charge >= 0.3 is 0 Å². The van der Waals surface area contributed by atoms with E-state index in [1.807, 2.05) is 25.3 Å². The fraction of sp³-hybridized carbons (Fsp3) is 0.364. The van der Waals surface area contributed by atoms with Crippen molar-refractivity contribution in [3.05, 3.63) is 30.1 Å². The van der Waals surface area contributed by atoms with Gasteiger partial charge in [-0.1, -0.05) is 12.0 Å². The van der Waals surface area contributed by atoms with Crippen molar-refractivity contribution in [1.29, 1.82) is 0 Å². The molecule has 0 saturated heterocycles. The Morgan fingerprint density at radius 2 is 2.31 bits per heavy atom. The largest absolute Gasteiger partial charge is 0.297 e. The maximum atomic E-state index is 5.27. The average Bonchev–Trinajstić information content (AvgIpc) is 2.19. The van der Waals surface area contributed by atoms with Crippen molar-refractivity contribution in [1.82, 2.24) is 10.3 Å². The van der Waals surface area contributed by atoms with E-state index >= 15 is 0 Å². The first-order valence-corrected chi connectivity index (χ1v) is 4.36. The molecule has 1 rings (SSSR count). The van der Waals surface area contributed by atoms with E-state index in [0.717, 1.165) is 5.56 Å². The highest BCUT2D eigenvalue weighted by Crippen LogP contribution is 2.09. The summed E-state index contributed by atoms with van der Waals surface area (Å²) in [5, 5.41) is 3.27.